The highest BCUT2D eigenvalue weighted by Gasteiger charge is 1.85. The molecule has 0 fully saturated rings. The molecule has 60 valence electrons. The summed E-state index contributed by atoms with van der Waals surface area (Å²) < 4.78 is 0. The fourth-order valence-electron chi connectivity index (χ4n) is 0.493. The van der Waals surface area contributed by atoms with Crippen LogP contribution < -0.4 is 0 Å². The van der Waals surface area contributed by atoms with Crippen molar-refractivity contribution >= 4 is 7.69 Å². The Morgan fingerprint density at radius 2 is 1.36 bits per heavy atom. The molecule has 0 aliphatic rings. The Bertz CT molecular complexity index is 186. The molecule has 5 heteroatoms. The normalized spacial score (nSPS) is 7.82. The molecule has 0 atom stereocenters. The SMILES string of the molecule is OBO.Oc1cccc(O)c1. The maximum absolute atomic E-state index is 8.65. The molecule has 0 radical (unpaired) electrons. The summed E-state index contributed by atoms with van der Waals surface area (Å²) in [7, 11) is -0.750. The van der Waals surface area contributed by atoms with Gasteiger partial charge in [-0.1, -0.05) is 6.07 Å². The van der Waals surface area contributed by atoms with Crippen molar-refractivity contribution in [1.82, 2.24) is 0 Å². The summed E-state index contributed by atoms with van der Waals surface area (Å²) >= 11 is 0. The van der Waals surface area contributed by atoms with Crippen LogP contribution >= 0.6 is 0 Å². The lowest BCUT2D eigenvalue weighted by Gasteiger charge is -1.89. The van der Waals surface area contributed by atoms with Gasteiger partial charge in [0.05, 0.1) is 0 Å². The van der Waals surface area contributed by atoms with E-state index in [1.54, 1.807) is 6.07 Å². The summed E-state index contributed by atoms with van der Waals surface area (Å²) in [5.41, 5.74) is 0. The fourth-order valence-corrected chi connectivity index (χ4v) is 0.493. The summed E-state index contributed by atoms with van der Waals surface area (Å²) in [6.45, 7) is 0. The molecule has 1 rings (SSSR count). The summed E-state index contributed by atoms with van der Waals surface area (Å²) in [5.74, 6) is 0.176. The number of hydrogen-bond acceptors (Lipinski definition) is 4. The number of rotatable bonds is 0. The lowest BCUT2D eigenvalue weighted by atomic mass is 10.3. The predicted molar refractivity (Wildman–Crippen MR) is 41.4 cm³/mol. The van der Waals surface area contributed by atoms with Gasteiger partial charge in [0.25, 0.3) is 0 Å². The first-order chi connectivity index (χ1) is 5.20. The van der Waals surface area contributed by atoms with Crippen molar-refractivity contribution in [2.24, 2.45) is 0 Å². The van der Waals surface area contributed by atoms with E-state index in [2.05, 4.69) is 0 Å². The molecule has 1 aromatic rings. The van der Waals surface area contributed by atoms with Crippen molar-refractivity contribution < 1.29 is 20.3 Å². The topological polar surface area (TPSA) is 80.9 Å². The minimum absolute atomic E-state index is 0.0880. The van der Waals surface area contributed by atoms with Gasteiger partial charge in [0.1, 0.15) is 11.5 Å². The van der Waals surface area contributed by atoms with E-state index < -0.39 is 7.69 Å². The lowest BCUT2D eigenvalue weighted by molar-refractivity contribution is 0.447. The van der Waals surface area contributed by atoms with Crippen molar-refractivity contribution in [2.75, 3.05) is 0 Å². The van der Waals surface area contributed by atoms with Gasteiger partial charge in [0.2, 0.25) is 0 Å². The average molecular weight is 156 g/mol. The van der Waals surface area contributed by atoms with Crippen LogP contribution in [0.15, 0.2) is 24.3 Å². The van der Waals surface area contributed by atoms with Crippen LogP contribution in [0.5, 0.6) is 11.5 Å². The van der Waals surface area contributed by atoms with Crippen molar-refractivity contribution in [3.8, 4) is 11.5 Å². The molecular formula is C6H9BO4. The number of phenolic OH excluding ortho intramolecular Hbond substituents is 2. The van der Waals surface area contributed by atoms with Gasteiger partial charge in [-0.2, -0.15) is 0 Å². The predicted octanol–water partition coefficient (Wildman–Crippen LogP) is -0.665. The zero-order valence-electron chi connectivity index (χ0n) is 5.81. The molecule has 0 unspecified atom stereocenters. The molecule has 0 amide bonds. The number of benzene rings is 1. The zero-order chi connectivity index (χ0) is 8.69. The molecule has 4 N–H and O–H groups in total. The van der Waals surface area contributed by atoms with Crippen LogP contribution in [0.1, 0.15) is 0 Å². The lowest BCUT2D eigenvalue weighted by Crippen LogP contribution is -1.75. The Morgan fingerprint density at radius 1 is 1.00 bits per heavy atom. The maximum Gasteiger partial charge on any atom is 0.432 e. The van der Waals surface area contributed by atoms with Gasteiger partial charge in [-0.15, -0.1) is 0 Å². The standard InChI is InChI=1S/C6H6O2.BH3O2/c7-5-2-1-3-6(8)4-5;2-1-3/h1-4,7-8H;1-3H. The molecule has 1 aromatic carbocycles. The van der Waals surface area contributed by atoms with Crippen molar-refractivity contribution in [1.29, 1.82) is 0 Å². The minimum Gasteiger partial charge on any atom is -0.508 e. The van der Waals surface area contributed by atoms with Crippen LogP contribution in [0.25, 0.3) is 0 Å². The Balaban J connectivity index is 0.000000292. The Kier molecular flexibility index (Phi) is 4.97. The highest BCUT2D eigenvalue weighted by Crippen LogP contribution is 2.14. The Hall–Kier alpha value is -1.20. The molecular weight excluding hydrogens is 147 g/mol. The van der Waals surface area contributed by atoms with E-state index >= 15 is 0 Å². The summed E-state index contributed by atoms with van der Waals surface area (Å²) in [6, 6.07) is 5.85. The van der Waals surface area contributed by atoms with E-state index in [-0.39, 0.29) is 11.5 Å². The minimum atomic E-state index is -0.750. The summed E-state index contributed by atoms with van der Waals surface area (Å²) in [6.07, 6.45) is 0. The van der Waals surface area contributed by atoms with Crippen LogP contribution in [-0.2, 0) is 0 Å². The van der Waals surface area contributed by atoms with E-state index in [0.29, 0.717) is 0 Å². The molecule has 0 heterocycles. The molecule has 0 aliphatic carbocycles. The van der Waals surface area contributed by atoms with Crippen molar-refractivity contribution in [2.45, 2.75) is 0 Å². The zero-order valence-corrected chi connectivity index (χ0v) is 5.81. The van der Waals surface area contributed by atoms with Gasteiger partial charge in [0, 0.05) is 6.07 Å². The van der Waals surface area contributed by atoms with Crippen LogP contribution in [-0.4, -0.2) is 27.9 Å². The Morgan fingerprint density at radius 3 is 1.55 bits per heavy atom. The van der Waals surface area contributed by atoms with Gasteiger partial charge < -0.3 is 20.3 Å². The van der Waals surface area contributed by atoms with Gasteiger partial charge in [-0.3, -0.25) is 0 Å². The third kappa shape index (κ3) is 5.26. The molecule has 0 saturated carbocycles. The van der Waals surface area contributed by atoms with E-state index in [4.69, 9.17) is 20.3 Å². The van der Waals surface area contributed by atoms with Crippen LogP contribution in [0.3, 0.4) is 0 Å². The maximum atomic E-state index is 8.65. The highest BCUT2D eigenvalue weighted by molar-refractivity contribution is 6.13. The van der Waals surface area contributed by atoms with Crippen LogP contribution in [0, 0.1) is 0 Å². The average Bonchev–Trinajstić information content (AvgIpc) is 1.88. The quantitative estimate of drug-likeness (QED) is 0.375. The monoisotopic (exact) mass is 156 g/mol. The molecule has 0 saturated heterocycles. The number of phenols is 2. The summed E-state index contributed by atoms with van der Waals surface area (Å²) in [5, 5.41) is 31.6. The molecule has 0 aliphatic heterocycles. The largest absolute Gasteiger partial charge is 0.508 e. The van der Waals surface area contributed by atoms with Crippen molar-refractivity contribution in [3.63, 3.8) is 0 Å². The van der Waals surface area contributed by atoms with E-state index in [1.165, 1.54) is 18.2 Å². The van der Waals surface area contributed by atoms with Gasteiger partial charge >= 0.3 is 7.69 Å². The first kappa shape index (κ1) is 9.80. The fraction of sp³-hybridized carbons (Fsp3) is 0. The highest BCUT2D eigenvalue weighted by atomic mass is 16.4. The third-order valence-electron chi connectivity index (χ3n) is 0.830. The second-order valence-corrected chi connectivity index (χ2v) is 1.66. The molecule has 4 nitrogen and oxygen atoms in total. The van der Waals surface area contributed by atoms with Gasteiger partial charge in [-0.25, -0.2) is 0 Å². The third-order valence-corrected chi connectivity index (χ3v) is 0.830. The van der Waals surface area contributed by atoms with Gasteiger partial charge in [0.15, 0.2) is 0 Å². The van der Waals surface area contributed by atoms with Crippen molar-refractivity contribution in [3.05, 3.63) is 24.3 Å². The van der Waals surface area contributed by atoms with Crippen LogP contribution in [0.4, 0.5) is 0 Å². The molecule has 0 spiro atoms. The van der Waals surface area contributed by atoms with E-state index in [9.17, 15) is 0 Å². The number of aromatic hydroxyl groups is 2. The number of hydrogen-bond donors (Lipinski definition) is 4. The first-order valence-electron chi connectivity index (χ1n) is 2.90. The first-order valence-corrected chi connectivity index (χ1v) is 2.90. The second-order valence-electron chi connectivity index (χ2n) is 1.66. The Labute approximate surface area is 64.7 Å². The van der Waals surface area contributed by atoms with Crippen LogP contribution in [0.2, 0.25) is 0 Å². The molecule has 0 bridgehead atoms. The smallest absolute Gasteiger partial charge is 0.432 e. The second kappa shape index (κ2) is 5.58. The van der Waals surface area contributed by atoms with Gasteiger partial charge in [-0.05, 0) is 12.1 Å². The summed E-state index contributed by atoms with van der Waals surface area (Å²) in [4.78, 5) is 0. The molecule has 11 heavy (non-hydrogen) atoms. The van der Waals surface area contributed by atoms with E-state index in [1.807, 2.05) is 0 Å². The van der Waals surface area contributed by atoms with E-state index in [0.717, 1.165) is 0 Å². The molecule has 0 aromatic heterocycles.